The van der Waals surface area contributed by atoms with Crippen LogP contribution in [0.4, 0.5) is 0 Å². The molecule has 0 amide bonds. The highest BCUT2D eigenvalue weighted by Gasteiger charge is 2.12. The van der Waals surface area contributed by atoms with E-state index in [1.165, 1.54) is 6.33 Å². The molecular formula is C8H12N6. The molecule has 1 unspecified atom stereocenters. The molecule has 1 atom stereocenters. The van der Waals surface area contributed by atoms with E-state index in [9.17, 15) is 0 Å². The third-order valence-corrected chi connectivity index (χ3v) is 2.07. The van der Waals surface area contributed by atoms with Crippen molar-refractivity contribution in [1.29, 1.82) is 0 Å². The van der Waals surface area contributed by atoms with Crippen molar-refractivity contribution >= 4 is 0 Å². The van der Waals surface area contributed by atoms with E-state index in [-0.39, 0.29) is 6.04 Å². The summed E-state index contributed by atoms with van der Waals surface area (Å²) in [4.78, 5) is 11.0. The molecule has 3 N–H and O–H groups in total. The Bertz CT molecular complexity index is 390. The number of imidazole rings is 1. The van der Waals surface area contributed by atoms with Gasteiger partial charge in [0.1, 0.15) is 12.2 Å². The highest BCUT2D eigenvalue weighted by Crippen LogP contribution is 2.10. The first-order valence-electron chi connectivity index (χ1n) is 4.34. The number of rotatable bonds is 3. The second-order valence-corrected chi connectivity index (χ2v) is 3.13. The number of nitrogens with one attached hydrogen (secondary N) is 1. The monoisotopic (exact) mass is 192 g/mol. The molecule has 2 aromatic heterocycles. The smallest absolute Gasteiger partial charge is 0.143 e. The maximum Gasteiger partial charge on any atom is 0.143 e. The van der Waals surface area contributed by atoms with E-state index in [4.69, 9.17) is 5.73 Å². The van der Waals surface area contributed by atoms with Crippen LogP contribution in [0, 0.1) is 0 Å². The van der Waals surface area contributed by atoms with Crippen LogP contribution in [0.15, 0.2) is 18.9 Å². The SMILES string of the molecule is Cn1ncnc1C(N)Cc1cnc[nH]1. The fourth-order valence-electron chi connectivity index (χ4n) is 1.37. The molecule has 0 fully saturated rings. The number of aryl methyl sites for hydroxylation is 1. The summed E-state index contributed by atoms with van der Waals surface area (Å²) in [5.41, 5.74) is 6.96. The zero-order valence-electron chi connectivity index (χ0n) is 7.88. The van der Waals surface area contributed by atoms with E-state index < -0.39 is 0 Å². The minimum Gasteiger partial charge on any atom is -0.348 e. The van der Waals surface area contributed by atoms with Gasteiger partial charge in [0.05, 0.1) is 12.4 Å². The highest BCUT2D eigenvalue weighted by atomic mass is 15.3. The lowest BCUT2D eigenvalue weighted by molar-refractivity contribution is 0.596. The molecule has 0 radical (unpaired) electrons. The van der Waals surface area contributed by atoms with Crippen molar-refractivity contribution in [2.45, 2.75) is 12.5 Å². The van der Waals surface area contributed by atoms with Gasteiger partial charge in [-0.1, -0.05) is 0 Å². The summed E-state index contributed by atoms with van der Waals surface area (Å²) in [6.45, 7) is 0. The van der Waals surface area contributed by atoms with E-state index >= 15 is 0 Å². The van der Waals surface area contributed by atoms with Crippen LogP contribution in [-0.2, 0) is 13.5 Å². The van der Waals surface area contributed by atoms with Crippen molar-refractivity contribution < 1.29 is 0 Å². The summed E-state index contributed by atoms with van der Waals surface area (Å²) in [6, 6.07) is -0.150. The predicted octanol–water partition coefficient (Wildman–Crippen LogP) is -0.219. The normalized spacial score (nSPS) is 13.0. The van der Waals surface area contributed by atoms with Gasteiger partial charge < -0.3 is 10.7 Å². The molecule has 0 aliphatic rings. The molecular weight excluding hydrogens is 180 g/mol. The van der Waals surface area contributed by atoms with Crippen LogP contribution in [0.3, 0.4) is 0 Å². The van der Waals surface area contributed by atoms with E-state index in [1.54, 1.807) is 17.2 Å². The number of nitrogens with two attached hydrogens (primary N) is 1. The first-order chi connectivity index (χ1) is 6.77. The number of hydrogen-bond acceptors (Lipinski definition) is 4. The first kappa shape index (κ1) is 8.89. The van der Waals surface area contributed by atoms with Gasteiger partial charge in [0, 0.05) is 25.4 Å². The van der Waals surface area contributed by atoms with E-state index in [1.807, 2.05) is 7.05 Å². The minimum absolute atomic E-state index is 0.150. The van der Waals surface area contributed by atoms with Crippen molar-refractivity contribution in [2.24, 2.45) is 12.8 Å². The maximum atomic E-state index is 5.96. The Balaban J connectivity index is 2.10. The number of aromatic amines is 1. The van der Waals surface area contributed by atoms with Crippen LogP contribution in [-0.4, -0.2) is 24.7 Å². The fourth-order valence-corrected chi connectivity index (χ4v) is 1.37. The Labute approximate surface area is 81.2 Å². The molecule has 0 saturated carbocycles. The second-order valence-electron chi connectivity index (χ2n) is 3.13. The van der Waals surface area contributed by atoms with Crippen LogP contribution >= 0.6 is 0 Å². The summed E-state index contributed by atoms with van der Waals surface area (Å²) < 4.78 is 1.68. The zero-order valence-corrected chi connectivity index (χ0v) is 7.88. The second kappa shape index (κ2) is 3.59. The van der Waals surface area contributed by atoms with Crippen molar-refractivity contribution in [1.82, 2.24) is 24.7 Å². The van der Waals surface area contributed by atoms with Crippen molar-refractivity contribution in [3.05, 3.63) is 30.4 Å². The lowest BCUT2D eigenvalue weighted by atomic mass is 10.2. The first-order valence-corrected chi connectivity index (χ1v) is 4.34. The van der Waals surface area contributed by atoms with Crippen LogP contribution < -0.4 is 5.73 Å². The Morgan fingerprint density at radius 2 is 2.50 bits per heavy atom. The third-order valence-electron chi connectivity index (χ3n) is 2.07. The maximum absolute atomic E-state index is 5.96. The van der Waals surface area contributed by atoms with Crippen molar-refractivity contribution in [3.8, 4) is 0 Å². The van der Waals surface area contributed by atoms with Crippen LogP contribution in [0.2, 0.25) is 0 Å². The van der Waals surface area contributed by atoms with Gasteiger partial charge in [-0.2, -0.15) is 5.10 Å². The third kappa shape index (κ3) is 1.64. The van der Waals surface area contributed by atoms with Gasteiger partial charge in [0.2, 0.25) is 0 Å². The van der Waals surface area contributed by atoms with Crippen LogP contribution in [0.1, 0.15) is 17.6 Å². The molecule has 2 rings (SSSR count). The van der Waals surface area contributed by atoms with Gasteiger partial charge in [-0.15, -0.1) is 0 Å². The van der Waals surface area contributed by atoms with Gasteiger partial charge >= 0.3 is 0 Å². The molecule has 0 aliphatic carbocycles. The molecule has 6 heteroatoms. The largest absolute Gasteiger partial charge is 0.348 e. The number of nitrogens with zero attached hydrogens (tertiary/aromatic N) is 4. The number of H-pyrrole nitrogens is 1. The Hall–Kier alpha value is -1.69. The highest BCUT2D eigenvalue weighted by molar-refractivity contribution is 5.02. The summed E-state index contributed by atoms with van der Waals surface area (Å²) >= 11 is 0. The summed E-state index contributed by atoms with van der Waals surface area (Å²) in [6.07, 6.45) is 5.59. The molecule has 0 aliphatic heterocycles. The fraction of sp³-hybridized carbons (Fsp3) is 0.375. The lowest BCUT2D eigenvalue weighted by Gasteiger charge is -2.08. The van der Waals surface area contributed by atoms with Gasteiger partial charge in [0.15, 0.2) is 0 Å². The molecule has 0 bridgehead atoms. The Morgan fingerprint density at radius 1 is 1.64 bits per heavy atom. The summed E-state index contributed by atoms with van der Waals surface area (Å²) in [5, 5.41) is 3.97. The van der Waals surface area contributed by atoms with E-state index in [2.05, 4.69) is 20.1 Å². The van der Waals surface area contributed by atoms with Crippen LogP contribution in [0.5, 0.6) is 0 Å². The molecule has 0 saturated heterocycles. The summed E-state index contributed by atoms with van der Waals surface area (Å²) in [7, 11) is 1.83. The standard InChI is InChI=1S/C8H12N6/c1-14-8(12-5-13-14)7(9)2-6-3-10-4-11-6/h3-5,7H,2,9H2,1H3,(H,10,11). The molecule has 14 heavy (non-hydrogen) atoms. The van der Waals surface area contributed by atoms with E-state index in [0.29, 0.717) is 6.42 Å². The predicted molar refractivity (Wildman–Crippen MR) is 50.2 cm³/mol. The van der Waals surface area contributed by atoms with Gasteiger partial charge in [-0.3, -0.25) is 4.68 Å². The average Bonchev–Trinajstić information content (AvgIpc) is 2.75. The van der Waals surface area contributed by atoms with Gasteiger partial charge in [-0.05, 0) is 0 Å². The molecule has 2 aromatic rings. The Kier molecular flexibility index (Phi) is 2.28. The average molecular weight is 192 g/mol. The van der Waals surface area contributed by atoms with Gasteiger partial charge in [-0.25, -0.2) is 9.97 Å². The van der Waals surface area contributed by atoms with Gasteiger partial charge in [0.25, 0.3) is 0 Å². The van der Waals surface area contributed by atoms with Crippen molar-refractivity contribution in [3.63, 3.8) is 0 Å². The molecule has 6 nitrogen and oxygen atoms in total. The number of aromatic nitrogens is 5. The van der Waals surface area contributed by atoms with Crippen molar-refractivity contribution in [2.75, 3.05) is 0 Å². The quantitative estimate of drug-likeness (QED) is 0.704. The lowest BCUT2D eigenvalue weighted by Crippen LogP contribution is -2.18. The minimum atomic E-state index is -0.150. The van der Waals surface area contributed by atoms with E-state index in [0.717, 1.165) is 11.5 Å². The molecule has 2 heterocycles. The molecule has 0 aromatic carbocycles. The zero-order chi connectivity index (χ0) is 9.97. The Morgan fingerprint density at radius 3 is 3.07 bits per heavy atom. The molecule has 74 valence electrons. The molecule has 0 spiro atoms. The topological polar surface area (TPSA) is 85.4 Å². The number of hydrogen-bond donors (Lipinski definition) is 2. The summed E-state index contributed by atoms with van der Waals surface area (Å²) in [5.74, 6) is 0.777. The van der Waals surface area contributed by atoms with Crippen LogP contribution in [0.25, 0.3) is 0 Å².